The number of H-pyrrole nitrogens is 1. The first-order valence-electron chi connectivity index (χ1n) is 12.8. The number of benzene rings is 1. The number of imidazole rings is 1. The second kappa shape index (κ2) is 10.8. The Morgan fingerprint density at radius 3 is 2.63 bits per heavy atom. The van der Waals surface area contributed by atoms with Crippen molar-refractivity contribution in [3.63, 3.8) is 0 Å². The second-order valence-electron chi connectivity index (χ2n) is 9.60. The number of rotatable bonds is 9. The molecule has 0 radical (unpaired) electrons. The average Bonchev–Trinajstić information content (AvgIpc) is 3.54. The van der Waals surface area contributed by atoms with Gasteiger partial charge in [-0.15, -0.1) is 10.2 Å². The Labute approximate surface area is 205 Å². The summed E-state index contributed by atoms with van der Waals surface area (Å²) in [5, 5.41) is 14.4. The maximum absolute atomic E-state index is 13.4. The van der Waals surface area contributed by atoms with Crippen molar-refractivity contribution in [2.45, 2.75) is 71.4 Å². The maximum atomic E-state index is 13.4. The van der Waals surface area contributed by atoms with Crippen LogP contribution in [0.1, 0.15) is 63.1 Å². The van der Waals surface area contributed by atoms with Gasteiger partial charge in [-0.05, 0) is 54.0 Å². The summed E-state index contributed by atoms with van der Waals surface area (Å²) in [4.78, 5) is 17.7. The molecule has 0 unspecified atom stereocenters. The predicted octanol–water partition coefficient (Wildman–Crippen LogP) is 4.86. The van der Waals surface area contributed by atoms with Crippen LogP contribution in [0.2, 0.25) is 0 Å². The van der Waals surface area contributed by atoms with Crippen molar-refractivity contribution >= 4 is 0 Å². The van der Waals surface area contributed by atoms with E-state index in [2.05, 4.69) is 63.0 Å². The molecule has 3 aromatic heterocycles. The number of aromatic nitrogens is 7. The molecule has 1 aromatic carbocycles. The number of nitrogens with zero attached hydrogens (tertiary/aromatic N) is 6. The van der Waals surface area contributed by atoms with E-state index in [1.54, 1.807) is 6.20 Å². The van der Waals surface area contributed by atoms with E-state index < -0.39 is 0 Å². The van der Waals surface area contributed by atoms with Gasteiger partial charge in [0.1, 0.15) is 0 Å². The van der Waals surface area contributed by atoms with E-state index in [-0.39, 0.29) is 5.69 Å². The van der Waals surface area contributed by atoms with E-state index in [1.165, 1.54) is 32.1 Å². The van der Waals surface area contributed by atoms with E-state index >= 15 is 0 Å². The van der Waals surface area contributed by atoms with Gasteiger partial charge in [-0.3, -0.25) is 14.1 Å². The average molecular weight is 472 g/mol. The van der Waals surface area contributed by atoms with Crippen LogP contribution in [-0.2, 0) is 19.5 Å². The van der Waals surface area contributed by atoms with Crippen LogP contribution >= 0.6 is 0 Å². The lowest BCUT2D eigenvalue weighted by Crippen LogP contribution is -2.28. The number of hydrogen-bond donors (Lipinski definition) is 1. The molecule has 0 bridgehead atoms. The lowest BCUT2D eigenvalue weighted by molar-refractivity contribution is 0.315. The van der Waals surface area contributed by atoms with Gasteiger partial charge in [0.05, 0.1) is 6.54 Å². The van der Waals surface area contributed by atoms with Crippen molar-refractivity contribution in [3.8, 4) is 22.5 Å². The highest BCUT2D eigenvalue weighted by Crippen LogP contribution is 2.29. The van der Waals surface area contributed by atoms with Crippen LogP contribution in [0.4, 0.5) is 0 Å². The molecule has 8 heteroatoms. The molecular formula is C27H33N7O. The first-order chi connectivity index (χ1) is 17.2. The van der Waals surface area contributed by atoms with E-state index in [0.29, 0.717) is 18.3 Å². The summed E-state index contributed by atoms with van der Waals surface area (Å²) in [5.41, 5.74) is 5.21. The third kappa shape index (κ3) is 5.26. The molecule has 3 heterocycles. The Hall–Kier alpha value is -3.55. The smallest absolute Gasteiger partial charge is 0.299 e. The standard InChI is InChI=1S/C27H33N7O/c1-2-3-9-23-19-33(17-20-7-5-4-6-8-20)27(35)34(23)18-21-10-12-22(13-11-21)25-16-28-15-14-24(25)26-29-31-32-30-26/h10-16,19-20H,2-9,17-18H2,1H3,(H,29,30,31,32). The third-order valence-corrected chi connectivity index (χ3v) is 7.11. The topological polar surface area (TPSA) is 94.3 Å². The Bertz CT molecular complexity index is 1280. The van der Waals surface area contributed by atoms with Gasteiger partial charge < -0.3 is 0 Å². The minimum absolute atomic E-state index is 0.123. The molecule has 0 atom stereocenters. The molecule has 1 aliphatic rings. The van der Waals surface area contributed by atoms with Gasteiger partial charge in [0, 0.05) is 42.0 Å². The molecule has 35 heavy (non-hydrogen) atoms. The minimum Gasteiger partial charge on any atom is -0.299 e. The summed E-state index contributed by atoms with van der Waals surface area (Å²) in [6.45, 7) is 3.63. The van der Waals surface area contributed by atoms with Gasteiger partial charge in [-0.25, -0.2) is 4.79 Å². The van der Waals surface area contributed by atoms with Crippen LogP contribution in [-0.4, -0.2) is 34.7 Å². The van der Waals surface area contributed by atoms with Crippen LogP contribution in [0.5, 0.6) is 0 Å². The number of unbranched alkanes of at least 4 members (excludes halogenated alkanes) is 1. The third-order valence-electron chi connectivity index (χ3n) is 7.11. The molecule has 0 saturated heterocycles. The number of aromatic amines is 1. The Balaban J connectivity index is 1.39. The molecular weight excluding hydrogens is 438 g/mol. The number of nitrogens with one attached hydrogen (secondary N) is 1. The normalized spacial score (nSPS) is 14.4. The highest BCUT2D eigenvalue weighted by atomic mass is 16.1. The van der Waals surface area contributed by atoms with Gasteiger partial charge >= 0.3 is 5.69 Å². The first-order valence-corrected chi connectivity index (χ1v) is 12.8. The predicted molar refractivity (Wildman–Crippen MR) is 136 cm³/mol. The zero-order valence-electron chi connectivity index (χ0n) is 20.4. The number of pyridine rings is 1. The van der Waals surface area contributed by atoms with Crippen LogP contribution in [0.15, 0.2) is 53.7 Å². The zero-order chi connectivity index (χ0) is 24.0. The quantitative estimate of drug-likeness (QED) is 0.376. The van der Waals surface area contributed by atoms with Gasteiger partial charge in [0.2, 0.25) is 5.82 Å². The molecule has 1 fully saturated rings. The van der Waals surface area contributed by atoms with Crippen LogP contribution in [0, 0.1) is 5.92 Å². The van der Waals surface area contributed by atoms with Gasteiger partial charge in [-0.2, -0.15) is 5.21 Å². The fourth-order valence-corrected chi connectivity index (χ4v) is 5.16. The van der Waals surface area contributed by atoms with Gasteiger partial charge in [-0.1, -0.05) is 56.9 Å². The van der Waals surface area contributed by atoms with Crippen molar-refractivity contribution in [1.29, 1.82) is 0 Å². The number of aryl methyl sites for hydroxylation is 1. The number of hydrogen-bond acceptors (Lipinski definition) is 5. The first kappa shape index (κ1) is 23.2. The SMILES string of the molecule is CCCCc1cn(CC2CCCCC2)c(=O)n1Cc1ccc(-c2cnccc2-c2nn[nH]n2)cc1. The van der Waals surface area contributed by atoms with E-state index in [9.17, 15) is 4.79 Å². The summed E-state index contributed by atoms with van der Waals surface area (Å²) >= 11 is 0. The van der Waals surface area contributed by atoms with Crippen LogP contribution in [0.25, 0.3) is 22.5 Å². The van der Waals surface area contributed by atoms with Crippen molar-refractivity contribution in [3.05, 3.63) is 70.7 Å². The fraction of sp³-hybridized carbons (Fsp3) is 0.444. The second-order valence-corrected chi connectivity index (χ2v) is 9.60. The largest absolute Gasteiger partial charge is 0.328 e. The lowest BCUT2D eigenvalue weighted by Gasteiger charge is -2.21. The van der Waals surface area contributed by atoms with E-state index in [4.69, 9.17) is 0 Å². The van der Waals surface area contributed by atoms with Crippen molar-refractivity contribution in [2.75, 3.05) is 0 Å². The van der Waals surface area contributed by atoms with Gasteiger partial charge in [0.15, 0.2) is 0 Å². The molecule has 5 rings (SSSR count). The van der Waals surface area contributed by atoms with Gasteiger partial charge in [0.25, 0.3) is 0 Å². The maximum Gasteiger partial charge on any atom is 0.328 e. The monoisotopic (exact) mass is 471 g/mol. The molecule has 0 amide bonds. The number of tetrazole rings is 1. The molecule has 0 spiro atoms. The summed E-state index contributed by atoms with van der Waals surface area (Å²) in [6.07, 6.45) is 15.2. The molecule has 182 valence electrons. The highest BCUT2D eigenvalue weighted by molar-refractivity contribution is 5.79. The summed E-state index contributed by atoms with van der Waals surface area (Å²) in [7, 11) is 0. The minimum atomic E-state index is 0.123. The zero-order valence-corrected chi connectivity index (χ0v) is 20.4. The Kier molecular flexibility index (Phi) is 7.16. The lowest BCUT2D eigenvalue weighted by atomic mass is 9.89. The highest BCUT2D eigenvalue weighted by Gasteiger charge is 2.18. The summed E-state index contributed by atoms with van der Waals surface area (Å²) < 4.78 is 3.95. The Morgan fingerprint density at radius 1 is 1.06 bits per heavy atom. The van der Waals surface area contributed by atoms with Crippen molar-refractivity contribution < 1.29 is 0 Å². The fourth-order valence-electron chi connectivity index (χ4n) is 5.16. The summed E-state index contributed by atoms with van der Waals surface area (Å²) in [6, 6.07) is 10.2. The summed E-state index contributed by atoms with van der Waals surface area (Å²) in [5.74, 6) is 1.17. The van der Waals surface area contributed by atoms with Crippen LogP contribution in [0.3, 0.4) is 0 Å². The van der Waals surface area contributed by atoms with Crippen LogP contribution < -0.4 is 5.69 Å². The molecule has 8 nitrogen and oxygen atoms in total. The van der Waals surface area contributed by atoms with E-state index in [1.807, 2.05) is 21.4 Å². The molecule has 0 aliphatic heterocycles. The molecule has 1 aliphatic carbocycles. The van der Waals surface area contributed by atoms with Crippen molar-refractivity contribution in [2.24, 2.45) is 5.92 Å². The van der Waals surface area contributed by atoms with E-state index in [0.717, 1.165) is 53.8 Å². The molecule has 1 saturated carbocycles. The Morgan fingerprint density at radius 2 is 1.89 bits per heavy atom. The molecule has 1 N–H and O–H groups in total. The molecule has 4 aromatic rings. The van der Waals surface area contributed by atoms with Crippen molar-refractivity contribution in [1.82, 2.24) is 34.7 Å².